The Morgan fingerprint density at radius 2 is 1.47 bits per heavy atom. The predicted octanol–water partition coefficient (Wildman–Crippen LogP) is 2.89. The van der Waals surface area contributed by atoms with E-state index in [0.29, 0.717) is 54.7 Å². The molecule has 0 aromatic heterocycles. The number of benzene rings is 2. The summed E-state index contributed by atoms with van der Waals surface area (Å²) in [6, 6.07) is 7.14. The Kier molecular flexibility index (Phi) is 12.8. The zero-order valence-electron chi connectivity index (χ0n) is 18.3. The van der Waals surface area contributed by atoms with Gasteiger partial charge in [-0.15, -0.1) is 0 Å². The van der Waals surface area contributed by atoms with Gasteiger partial charge in [0.15, 0.2) is 23.1 Å². The monoisotopic (exact) mass is 464 g/mol. The molecule has 2 aromatic rings. The fraction of sp³-hybridized carbons (Fsp3) is 0.364. The summed E-state index contributed by atoms with van der Waals surface area (Å²) < 4.78 is 47.1. The number of rotatable bonds is 0. The van der Waals surface area contributed by atoms with E-state index in [1.165, 1.54) is 0 Å². The first-order valence-corrected chi connectivity index (χ1v) is 8.79. The van der Waals surface area contributed by atoms with Crippen molar-refractivity contribution in [3.63, 3.8) is 0 Å². The van der Waals surface area contributed by atoms with E-state index in [1.54, 1.807) is 24.3 Å². The van der Waals surface area contributed by atoms with E-state index in [0.717, 1.165) is 11.1 Å². The normalized spacial score (nSPS) is 13.1. The number of carbonyl (C=O) groups is 2. The van der Waals surface area contributed by atoms with Crippen LogP contribution in [-0.2, 0) is 0 Å². The van der Waals surface area contributed by atoms with E-state index in [9.17, 15) is 27.6 Å². The summed E-state index contributed by atoms with van der Waals surface area (Å²) in [5.41, 5.74) is 2.87. The lowest BCUT2D eigenvalue weighted by Crippen LogP contribution is -3.00. The van der Waals surface area contributed by atoms with Crippen molar-refractivity contribution in [1.29, 1.82) is 0 Å². The van der Waals surface area contributed by atoms with E-state index < -0.39 is 7.54 Å². The molecule has 1 N–H and O–H groups in total. The summed E-state index contributed by atoms with van der Waals surface area (Å²) in [6.45, 7) is 4.48. The third kappa shape index (κ3) is 8.60. The van der Waals surface area contributed by atoms with Crippen molar-refractivity contribution in [1.82, 2.24) is 0 Å². The molecule has 2 aromatic carbocycles. The molecule has 5 nitrogen and oxygen atoms in total. The molecule has 0 radical (unpaired) electrons. The van der Waals surface area contributed by atoms with E-state index >= 15 is 0 Å². The molecule has 2 heterocycles. The molecule has 10 heteroatoms. The zero-order chi connectivity index (χ0) is 22.4. The Hall–Kier alpha value is -3.04. The van der Waals surface area contributed by atoms with Crippen LogP contribution in [0.25, 0.3) is 0 Å². The van der Waals surface area contributed by atoms with Crippen LogP contribution in [0.1, 0.15) is 62.3 Å². The molecule has 0 saturated carbocycles. The molecule has 0 amide bonds. The fourth-order valence-electron chi connectivity index (χ4n) is 2.79. The highest BCUT2D eigenvalue weighted by atomic mass is 19.4. The number of phenols is 1. The Morgan fingerprint density at radius 3 is 2.06 bits per heavy atom. The second-order valence-electron chi connectivity index (χ2n) is 6.37. The highest BCUT2D eigenvalue weighted by molar-refractivity contribution is 6.33. The summed E-state index contributed by atoms with van der Waals surface area (Å²) in [4.78, 5) is 22.8. The van der Waals surface area contributed by atoms with E-state index in [2.05, 4.69) is 0 Å². The molecule has 4 rings (SSSR count). The minimum Gasteiger partial charge on any atom is -1.00 e. The number of ketones is 2. The van der Waals surface area contributed by atoms with Crippen molar-refractivity contribution < 1.29 is 44.6 Å². The number of aryl methyl sites for hydroxylation is 2. The lowest BCUT2D eigenvalue weighted by atomic mass is 10.0. The SMILES string of the molecule is C.C.Cc1cc(O)c2c(c1)C(=O)CCO2.FB(F)F.[3H+].[3H]c1cc(C)cc2c1OCCC2=O.[F-]. The van der Waals surface area contributed by atoms with Gasteiger partial charge in [0.2, 0.25) is 0 Å². The van der Waals surface area contributed by atoms with Crippen LogP contribution in [0, 0.1) is 13.8 Å². The minimum atomic E-state index is -3.67. The van der Waals surface area contributed by atoms with Crippen LogP contribution in [0.5, 0.6) is 17.2 Å². The number of aromatic hydroxyl groups is 1. The fourth-order valence-corrected chi connectivity index (χ4v) is 2.79. The predicted molar refractivity (Wildman–Crippen MR) is 117 cm³/mol. The molecule has 0 unspecified atom stereocenters. The van der Waals surface area contributed by atoms with Crippen molar-refractivity contribution in [2.75, 3.05) is 13.2 Å². The Bertz CT molecular complexity index is 885. The first-order chi connectivity index (χ1) is 14.1. The van der Waals surface area contributed by atoms with Crippen molar-refractivity contribution in [3.8, 4) is 17.2 Å². The average Bonchev–Trinajstić information content (AvgIpc) is 2.64. The molecular formula is C22H29BF4O5. The first-order valence-electron chi connectivity index (χ1n) is 9.29. The van der Waals surface area contributed by atoms with Gasteiger partial charge in [0.1, 0.15) is 5.75 Å². The maximum atomic E-state index is 11.4. The molecule has 0 bridgehead atoms. The van der Waals surface area contributed by atoms with Crippen LogP contribution in [0.3, 0.4) is 0 Å². The number of carbonyl (C=O) groups excluding carboxylic acids is 2. The topological polar surface area (TPSA) is 72.8 Å². The van der Waals surface area contributed by atoms with Gasteiger partial charge < -0.3 is 19.3 Å². The molecule has 178 valence electrons. The van der Waals surface area contributed by atoms with E-state index in [-0.39, 0.29) is 38.3 Å². The van der Waals surface area contributed by atoms with Gasteiger partial charge >= 0.3 is 8.97 Å². The Labute approximate surface area is 189 Å². The van der Waals surface area contributed by atoms with Crippen molar-refractivity contribution in [2.45, 2.75) is 41.5 Å². The molecule has 0 aliphatic carbocycles. The maximum Gasteiger partial charge on any atom is 1.00 e. The van der Waals surface area contributed by atoms with Gasteiger partial charge in [-0.1, -0.05) is 26.5 Å². The lowest BCUT2D eigenvalue weighted by molar-refractivity contribution is -0.0000286. The Balaban J connectivity index is -0.000000444. The van der Waals surface area contributed by atoms with Crippen molar-refractivity contribution in [2.24, 2.45) is 0 Å². The third-order valence-corrected chi connectivity index (χ3v) is 4.01. The lowest BCUT2D eigenvalue weighted by Gasteiger charge is -2.17. The summed E-state index contributed by atoms with van der Waals surface area (Å²) in [6.07, 6.45) is 0.825. The molecule has 2 aliphatic heterocycles. The Morgan fingerprint density at radius 1 is 0.969 bits per heavy atom. The smallest absolute Gasteiger partial charge is 1.00 e. The first kappa shape index (κ1) is 29.0. The molecular weight excluding hydrogens is 431 g/mol. The van der Waals surface area contributed by atoms with Crippen LogP contribution in [0.2, 0.25) is 0 Å². The molecule has 2 aliphatic rings. The number of ether oxygens (including phenoxy) is 2. The number of hydrogen-bond donors (Lipinski definition) is 1. The quantitative estimate of drug-likeness (QED) is 0.480. The summed E-state index contributed by atoms with van der Waals surface area (Å²) in [5, 5.41) is 9.48. The van der Waals surface area contributed by atoms with Crippen molar-refractivity contribution in [3.05, 3.63) is 52.6 Å². The third-order valence-electron chi connectivity index (χ3n) is 4.01. The van der Waals surface area contributed by atoms with Gasteiger partial charge in [-0.25, -0.2) is 0 Å². The standard InChI is InChI=1S/C10H10O3.C10H10O2.2CH4.BF3.FH/c1-6-4-7-8(11)2-3-13-10(7)9(12)5-6;1-7-2-3-10-8(6-7)9(11)4-5-12-10;;;2-1(3)4;/h4-5,12H,2-3H2,1H3;2-3,6H,4-5H2,1H3;2*1H4;;1H/i;3T;;;;/hT. The number of phenolic OH excluding ortho intramolecular Hbond substituents is 1. The second kappa shape index (κ2) is 14.1. The summed E-state index contributed by atoms with van der Waals surface area (Å²) >= 11 is 0. The molecule has 0 spiro atoms. The van der Waals surface area contributed by atoms with Gasteiger partial charge in [-0.3, -0.25) is 22.5 Å². The summed E-state index contributed by atoms with van der Waals surface area (Å²) in [5.74, 6) is 0.963. The number of halogens is 4. The summed E-state index contributed by atoms with van der Waals surface area (Å²) in [7, 11) is -3.67. The maximum absolute atomic E-state index is 11.4. The highest BCUT2D eigenvalue weighted by Crippen LogP contribution is 2.34. The van der Waals surface area contributed by atoms with Gasteiger partial charge in [-0.2, -0.15) is 0 Å². The van der Waals surface area contributed by atoms with Crippen LogP contribution >= 0.6 is 0 Å². The average molecular weight is 464 g/mol. The molecule has 32 heavy (non-hydrogen) atoms. The van der Waals surface area contributed by atoms with Gasteiger partial charge in [0.05, 0.1) is 25.7 Å². The van der Waals surface area contributed by atoms with E-state index in [1.807, 2.05) is 13.8 Å². The van der Waals surface area contributed by atoms with E-state index in [4.69, 9.17) is 10.8 Å². The van der Waals surface area contributed by atoms with Crippen LogP contribution < -0.4 is 14.2 Å². The minimum absolute atomic E-state index is 0. The van der Waals surface area contributed by atoms with Gasteiger partial charge in [0.25, 0.3) is 0 Å². The number of Topliss-reactive ketones (excluding diaryl/α,β-unsaturated/α-hetero) is 2. The van der Waals surface area contributed by atoms with Crippen molar-refractivity contribution >= 4 is 19.1 Å². The van der Waals surface area contributed by atoms with Crippen LogP contribution in [0.15, 0.2) is 30.3 Å². The molecule has 0 fully saturated rings. The largest absolute Gasteiger partial charge is 1.00 e. The van der Waals surface area contributed by atoms with Gasteiger partial charge in [-0.05, 0) is 43.7 Å². The highest BCUT2D eigenvalue weighted by Gasteiger charge is 2.21. The number of fused-ring (bicyclic) bond motifs is 2. The number of hydrogen-bond acceptors (Lipinski definition) is 5. The van der Waals surface area contributed by atoms with Crippen LogP contribution in [-0.4, -0.2) is 37.4 Å². The molecule has 0 atom stereocenters. The zero-order valence-corrected chi connectivity index (χ0v) is 16.3. The second-order valence-corrected chi connectivity index (χ2v) is 6.37. The molecule has 0 saturated heterocycles. The van der Waals surface area contributed by atoms with Crippen LogP contribution in [0.4, 0.5) is 12.9 Å². The van der Waals surface area contributed by atoms with Gasteiger partial charge in [0, 0.05) is 12.8 Å².